The van der Waals surface area contributed by atoms with Gasteiger partial charge < -0.3 is 10.2 Å². The van der Waals surface area contributed by atoms with Gasteiger partial charge in [-0.1, -0.05) is 59.3 Å². The lowest BCUT2D eigenvalue weighted by Crippen LogP contribution is -2.31. The second-order valence-corrected chi connectivity index (χ2v) is 5.52. The number of carboxylic acid groups (broad SMARTS) is 1. The molecule has 5 heteroatoms. The molecule has 1 aromatic carbocycles. The highest BCUT2D eigenvalue weighted by molar-refractivity contribution is 9.10. The molecule has 3 unspecified atom stereocenters. The van der Waals surface area contributed by atoms with Crippen molar-refractivity contribution in [2.75, 3.05) is 0 Å². The van der Waals surface area contributed by atoms with Crippen LogP contribution in [0.25, 0.3) is 0 Å². The van der Waals surface area contributed by atoms with E-state index in [1.54, 1.807) is 31.2 Å². The Bertz CT molecular complexity index is 484. The van der Waals surface area contributed by atoms with Crippen molar-refractivity contribution in [1.29, 1.82) is 0 Å². The van der Waals surface area contributed by atoms with Crippen LogP contribution in [0.15, 0.2) is 42.5 Å². The lowest BCUT2D eigenvalue weighted by atomic mass is 9.93. The Kier molecular flexibility index (Phi) is 6.61. The normalized spacial score (nSPS) is 15.8. The molecule has 108 valence electrons. The van der Waals surface area contributed by atoms with Gasteiger partial charge in [0.1, 0.15) is 0 Å². The lowest BCUT2D eigenvalue weighted by Gasteiger charge is -2.22. The summed E-state index contributed by atoms with van der Waals surface area (Å²) < 4.78 is 0. The highest BCUT2D eigenvalue weighted by atomic mass is 79.9. The highest BCUT2D eigenvalue weighted by Crippen LogP contribution is 2.23. The molecule has 0 aromatic heterocycles. The SMILES string of the molecule is CC(C(O)CC=CC(=O)O)C(Br)C(=O)c1ccccc1. The monoisotopic (exact) mass is 340 g/mol. The Morgan fingerprint density at radius 1 is 1.30 bits per heavy atom. The second-order valence-electron chi connectivity index (χ2n) is 4.53. The van der Waals surface area contributed by atoms with E-state index in [0.717, 1.165) is 6.08 Å². The number of carbonyl (C=O) groups is 2. The summed E-state index contributed by atoms with van der Waals surface area (Å²) in [6.07, 6.45) is 1.77. The molecule has 0 heterocycles. The van der Waals surface area contributed by atoms with Crippen molar-refractivity contribution >= 4 is 27.7 Å². The summed E-state index contributed by atoms with van der Waals surface area (Å²) in [5.41, 5.74) is 0.578. The van der Waals surface area contributed by atoms with Gasteiger partial charge in [0.05, 0.1) is 10.9 Å². The number of aliphatic hydroxyl groups excluding tert-OH is 1. The Balaban J connectivity index is 2.64. The van der Waals surface area contributed by atoms with Gasteiger partial charge in [0.25, 0.3) is 0 Å². The summed E-state index contributed by atoms with van der Waals surface area (Å²) in [6.45, 7) is 1.75. The molecule has 0 amide bonds. The van der Waals surface area contributed by atoms with Crippen LogP contribution < -0.4 is 0 Å². The van der Waals surface area contributed by atoms with Gasteiger partial charge in [-0.05, 0) is 6.42 Å². The average molecular weight is 341 g/mol. The molecule has 0 radical (unpaired) electrons. The Morgan fingerprint density at radius 2 is 1.90 bits per heavy atom. The zero-order valence-electron chi connectivity index (χ0n) is 11.1. The third-order valence-electron chi connectivity index (χ3n) is 3.02. The summed E-state index contributed by atoms with van der Waals surface area (Å²) in [5, 5.41) is 18.4. The summed E-state index contributed by atoms with van der Waals surface area (Å²) >= 11 is 3.32. The van der Waals surface area contributed by atoms with Gasteiger partial charge >= 0.3 is 5.97 Å². The van der Waals surface area contributed by atoms with Gasteiger partial charge in [0, 0.05) is 17.6 Å². The Morgan fingerprint density at radius 3 is 2.45 bits per heavy atom. The van der Waals surface area contributed by atoms with Crippen LogP contribution in [-0.4, -0.2) is 32.9 Å². The second kappa shape index (κ2) is 7.97. The van der Waals surface area contributed by atoms with Crippen molar-refractivity contribution in [2.24, 2.45) is 5.92 Å². The topological polar surface area (TPSA) is 74.6 Å². The molecule has 0 saturated heterocycles. The van der Waals surface area contributed by atoms with E-state index in [9.17, 15) is 14.7 Å². The quantitative estimate of drug-likeness (QED) is 0.454. The first-order valence-electron chi connectivity index (χ1n) is 6.24. The number of hydrogen-bond acceptors (Lipinski definition) is 3. The van der Waals surface area contributed by atoms with Crippen LogP contribution in [0.4, 0.5) is 0 Å². The molecule has 1 rings (SSSR count). The third-order valence-corrected chi connectivity index (χ3v) is 4.27. The molecule has 2 N–H and O–H groups in total. The molecule has 20 heavy (non-hydrogen) atoms. The molecule has 3 atom stereocenters. The van der Waals surface area contributed by atoms with Crippen LogP contribution in [0.2, 0.25) is 0 Å². The molecule has 0 saturated carbocycles. The highest BCUT2D eigenvalue weighted by Gasteiger charge is 2.27. The number of rotatable bonds is 7. The molecule has 0 spiro atoms. The predicted octanol–water partition coefficient (Wildman–Crippen LogP) is 2.66. The van der Waals surface area contributed by atoms with Crippen LogP contribution in [0, 0.1) is 5.92 Å². The van der Waals surface area contributed by atoms with Gasteiger partial charge in [-0.3, -0.25) is 4.79 Å². The maximum absolute atomic E-state index is 12.2. The Hall–Kier alpha value is -1.46. The molecule has 0 aliphatic carbocycles. The first-order chi connectivity index (χ1) is 9.43. The largest absolute Gasteiger partial charge is 0.478 e. The zero-order chi connectivity index (χ0) is 15.1. The van der Waals surface area contributed by atoms with Crippen molar-refractivity contribution in [3.8, 4) is 0 Å². The zero-order valence-corrected chi connectivity index (χ0v) is 12.7. The van der Waals surface area contributed by atoms with Crippen LogP contribution in [0.5, 0.6) is 0 Å². The number of hydrogen-bond donors (Lipinski definition) is 2. The van der Waals surface area contributed by atoms with E-state index in [2.05, 4.69) is 15.9 Å². The van der Waals surface area contributed by atoms with Crippen LogP contribution in [0.3, 0.4) is 0 Å². The molecule has 4 nitrogen and oxygen atoms in total. The number of benzene rings is 1. The number of ketones is 1. The van der Waals surface area contributed by atoms with Gasteiger partial charge in [-0.25, -0.2) is 4.79 Å². The van der Waals surface area contributed by atoms with Crippen molar-refractivity contribution < 1.29 is 19.8 Å². The number of carboxylic acids is 1. The summed E-state index contributed by atoms with van der Waals surface area (Å²) in [4.78, 5) is 22.0. The fraction of sp³-hybridized carbons (Fsp3) is 0.333. The molecule has 1 aromatic rings. The fourth-order valence-corrected chi connectivity index (χ4v) is 2.34. The lowest BCUT2D eigenvalue weighted by molar-refractivity contribution is -0.131. The predicted molar refractivity (Wildman–Crippen MR) is 80.1 cm³/mol. The maximum atomic E-state index is 12.2. The minimum absolute atomic E-state index is 0.0978. The van der Waals surface area contributed by atoms with E-state index in [-0.39, 0.29) is 18.1 Å². The number of aliphatic carboxylic acids is 1. The minimum atomic E-state index is -1.05. The molecule has 0 aliphatic rings. The molecular weight excluding hydrogens is 324 g/mol. The third kappa shape index (κ3) is 4.90. The molecule has 0 fully saturated rings. The van der Waals surface area contributed by atoms with Crippen molar-refractivity contribution in [1.82, 2.24) is 0 Å². The van der Waals surface area contributed by atoms with Gasteiger partial charge in [-0.15, -0.1) is 0 Å². The van der Waals surface area contributed by atoms with Crippen molar-refractivity contribution in [3.63, 3.8) is 0 Å². The number of Topliss-reactive ketones (excluding diaryl/α,β-unsaturated/α-hetero) is 1. The van der Waals surface area contributed by atoms with E-state index < -0.39 is 16.9 Å². The molecular formula is C15H17BrO4. The first kappa shape index (κ1) is 16.6. The van der Waals surface area contributed by atoms with Gasteiger partial charge in [-0.2, -0.15) is 0 Å². The maximum Gasteiger partial charge on any atom is 0.327 e. The van der Waals surface area contributed by atoms with E-state index in [1.807, 2.05) is 6.07 Å². The van der Waals surface area contributed by atoms with Crippen molar-refractivity contribution in [3.05, 3.63) is 48.0 Å². The van der Waals surface area contributed by atoms with Gasteiger partial charge in [0.15, 0.2) is 5.78 Å². The average Bonchev–Trinajstić information content (AvgIpc) is 2.45. The smallest absolute Gasteiger partial charge is 0.327 e. The van der Waals surface area contributed by atoms with Crippen LogP contribution >= 0.6 is 15.9 Å². The molecule has 0 bridgehead atoms. The van der Waals surface area contributed by atoms with Crippen molar-refractivity contribution in [2.45, 2.75) is 24.3 Å². The fourth-order valence-electron chi connectivity index (χ4n) is 1.72. The summed E-state index contributed by atoms with van der Waals surface area (Å²) in [7, 11) is 0. The van der Waals surface area contributed by atoms with Crippen LogP contribution in [0.1, 0.15) is 23.7 Å². The van der Waals surface area contributed by atoms with E-state index >= 15 is 0 Å². The summed E-state index contributed by atoms with van der Waals surface area (Å²) in [6, 6.07) is 8.84. The number of alkyl halides is 1. The molecule has 0 aliphatic heterocycles. The van der Waals surface area contributed by atoms with Crippen LogP contribution in [-0.2, 0) is 4.79 Å². The minimum Gasteiger partial charge on any atom is -0.478 e. The summed E-state index contributed by atoms with van der Waals surface area (Å²) in [5.74, 6) is -1.49. The van der Waals surface area contributed by atoms with E-state index in [4.69, 9.17) is 5.11 Å². The number of aliphatic hydroxyl groups is 1. The van der Waals surface area contributed by atoms with E-state index in [0.29, 0.717) is 5.56 Å². The number of halogens is 1. The van der Waals surface area contributed by atoms with Gasteiger partial charge in [0.2, 0.25) is 0 Å². The number of carbonyl (C=O) groups excluding carboxylic acids is 1. The Labute approximate surface area is 126 Å². The van der Waals surface area contributed by atoms with E-state index in [1.165, 1.54) is 6.08 Å². The first-order valence-corrected chi connectivity index (χ1v) is 7.16. The standard InChI is InChI=1S/C15H17BrO4/c1-10(12(17)8-5-9-13(18)19)14(16)15(20)11-6-3-2-4-7-11/h2-7,9-10,12,14,17H,8H2,1H3,(H,18,19).